The Morgan fingerprint density at radius 3 is 2.53 bits per heavy atom. The van der Waals surface area contributed by atoms with Crippen LogP contribution in [0.1, 0.15) is 22.3 Å². The quantitative estimate of drug-likeness (QED) is 0.298. The van der Waals surface area contributed by atoms with Gasteiger partial charge in [-0.2, -0.15) is 0 Å². The Hall–Kier alpha value is -3.36. The average Bonchev–Trinajstić information content (AvgIpc) is 2.89. The van der Waals surface area contributed by atoms with Gasteiger partial charge in [0.05, 0.1) is 27.4 Å². The summed E-state index contributed by atoms with van der Waals surface area (Å²) in [6.45, 7) is 3.53. The van der Waals surface area contributed by atoms with Crippen LogP contribution < -0.4 is 20.1 Å². The van der Waals surface area contributed by atoms with E-state index in [-0.39, 0.29) is 17.7 Å². The standard InChI is InChI=1S/C26H33N3O5/c1-32-23-11-10-20(16-25(23)34-3)26(31)28-12-7-14-29-15-13-27-21(18-29)22(30)17-24(33-2)19-8-5-4-6-9-19/h4-6,8-11,16-17,21,27H,7,12-15,18H2,1-3H3,(H,28,31)/b24-17+. The van der Waals surface area contributed by atoms with Crippen molar-refractivity contribution in [2.75, 3.05) is 54.1 Å². The van der Waals surface area contributed by atoms with E-state index in [9.17, 15) is 9.59 Å². The van der Waals surface area contributed by atoms with Crippen LogP contribution in [0.15, 0.2) is 54.6 Å². The van der Waals surface area contributed by atoms with Gasteiger partial charge in [-0.15, -0.1) is 0 Å². The predicted molar refractivity (Wildman–Crippen MR) is 131 cm³/mol. The summed E-state index contributed by atoms with van der Waals surface area (Å²) in [6, 6.07) is 14.4. The van der Waals surface area contributed by atoms with E-state index in [1.165, 1.54) is 0 Å². The van der Waals surface area contributed by atoms with E-state index >= 15 is 0 Å². The fraction of sp³-hybridized carbons (Fsp3) is 0.385. The first-order valence-electron chi connectivity index (χ1n) is 11.4. The van der Waals surface area contributed by atoms with Crippen molar-refractivity contribution in [2.24, 2.45) is 0 Å². The van der Waals surface area contributed by atoms with Crippen LogP contribution in [0.5, 0.6) is 11.5 Å². The Morgan fingerprint density at radius 1 is 1.06 bits per heavy atom. The van der Waals surface area contributed by atoms with Crippen molar-refractivity contribution in [3.63, 3.8) is 0 Å². The normalized spacial score (nSPS) is 16.6. The summed E-state index contributed by atoms with van der Waals surface area (Å²) in [5.41, 5.74) is 1.39. The van der Waals surface area contributed by atoms with Crippen LogP contribution in [0.3, 0.4) is 0 Å². The predicted octanol–water partition coefficient (Wildman–Crippen LogP) is 2.35. The van der Waals surface area contributed by atoms with Crippen molar-refractivity contribution in [1.29, 1.82) is 0 Å². The van der Waals surface area contributed by atoms with E-state index in [1.54, 1.807) is 45.6 Å². The highest BCUT2D eigenvalue weighted by Gasteiger charge is 2.24. The van der Waals surface area contributed by atoms with Crippen LogP contribution in [-0.2, 0) is 9.53 Å². The molecule has 1 fully saturated rings. The first-order valence-corrected chi connectivity index (χ1v) is 11.4. The second-order valence-corrected chi connectivity index (χ2v) is 7.97. The fourth-order valence-electron chi connectivity index (χ4n) is 3.88. The summed E-state index contributed by atoms with van der Waals surface area (Å²) in [5.74, 6) is 1.49. The van der Waals surface area contributed by atoms with Gasteiger partial charge >= 0.3 is 0 Å². The number of carbonyl (C=O) groups is 2. The zero-order valence-electron chi connectivity index (χ0n) is 20.0. The summed E-state index contributed by atoms with van der Waals surface area (Å²) in [4.78, 5) is 27.5. The molecule has 0 aromatic heterocycles. The number of methoxy groups -OCH3 is 3. The molecule has 1 saturated heterocycles. The van der Waals surface area contributed by atoms with Gasteiger partial charge in [-0.05, 0) is 31.2 Å². The second-order valence-electron chi connectivity index (χ2n) is 7.97. The van der Waals surface area contributed by atoms with E-state index in [2.05, 4.69) is 15.5 Å². The summed E-state index contributed by atoms with van der Waals surface area (Å²) in [7, 11) is 4.67. The third-order valence-electron chi connectivity index (χ3n) is 5.74. The van der Waals surface area contributed by atoms with Crippen LogP contribution in [0, 0.1) is 0 Å². The Labute approximate surface area is 200 Å². The number of amides is 1. The van der Waals surface area contributed by atoms with Crippen LogP contribution in [0.4, 0.5) is 0 Å². The van der Waals surface area contributed by atoms with Crippen molar-refractivity contribution in [3.8, 4) is 11.5 Å². The minimum atomic E-state index is -0.288. The van der Waals surface area contributed by atoms with Gasteiger partial charge in [-0.25, -0.2) is 0 Å². The highest BCUT2D eigenvalue weighted by molar-refractivity contribution is 5.99. The lowest BCUT2D eigenvalue weighted by Crippen LogP contribution is -2.54. The number of hydrogen-bond acceptors (Lipinski definition) is 7. The maximum absolute atomic E-state index is 12.8. The van der Waals surface area contributed by atoms with E-state index in [0.29, 0.717) is 35.9 Å². The van der Waals surface area contributed by atoms with Gasteiger partial charge in [0, 0.05) is 43.4 Å². The van der Waals surface area contributed by atoms with Gasteiger partial charge in [0.2, 0.25) is 0 Å². The molecular formula is C26H33N3O5. The Morgan fingerprint density at radius 2 is 1.82 bits per heavy atom. The lowest BCUT2D eigenvalue weighted by molar-refractivity contribution is -0.117. The molecule has 1 aliphatic heterocycles. The van der Waals surface area contributed by atoms with Gasteiger partial charge in [-0.1, -0.05) is 30.3 Å². The lowest BCUT2D eigenvalue weighted by atomic mass is 10.1. The molecule has 2 N–H and O–H groups in total. The SMILES string of the molecule is CO/C(=C/C(=O)C1CN(CCCNC(=O)c2ccc(OC)c(OC)c2)CCN1)c1ccccc1. The van der Waals surface area contributed by atoms with Crippen molar-refractivity contribution in [2.45, 2.75) is 12.5 Å². The number of hydrogen-bond donors (Lipinski definition) is 2. The molecule has 1 unspecified atom stereocenters. The number of piperazine rings is 1. The number of carbonyl (C=O) groups excluding carboxylic acids is 2. The van der Waals surface area contributed by atoms with Gasteiger partial charge < -0.3 is 24.8 Å². The van der Waals surface area contributed by atoms with Crippen molar-refractivity contribution >= 4 is 17.4 Å². The average molecular weight is 468 g/mol. The molecule has 1 heterocycles. The van der Waals surface area contributed by atoms with Crippen LogP contribution in [-0.4, -0.2) is 76.7 Å². The molecule has 0 saturated carbocycles. The van der Waals surface area contributed by atoms with Crippen molar-refractivity contribution in [1.82, 2.24) is 15.5 Å². The molecule has 34 heavy (non-hydrogen) atoms. The number of ether oxygens (including phenoxy) is 3. The Kier molecular flexibility index (Phi) is 9.49. The minimum Gasteiger partial charge on any atom is -0.496 e. The highest BCUT2D eigenvalue weighted by Crippen LogP contribution is 2.27. The van der Waals surface area contributed by atoms with E-state index in [4.69, 9.17) is 14.2 Å². The van der Waals surface area contributed by atoms with Gasteiger partial charge in [0.25, 0.3) is 5.91 Å². The first-order chi connectivity index (χ1) is 16.5. The zero-order chi connectivity index (χ0) is 24.3. The molecule has 2 aromatic carbocycles. The number of ketones is 1. The lowest BCUT2D eigenvalue weighted by Gasteiger charge is -2.32. The molecular weight excluding hydrogens is 434 g/mol. The zero-order valence-corrected chi connectivity index (χ0v) is 20.0. The van der Waals surface area contributed by atoms with Crippen LogP contribution >= 0.6 is 0 Å². The molecule has 0 radical (unpaired) electrons. The topological polar surface area (TPSA) is 89.1 Å². The largest absolute Gasteiger partial charge is 0.496 e. The fourth-order valence-corrected chi connectivity index (χ4v) is 3.88. The van der Waals surface area contributed by atoms with E-state index in [0.717, 1.165) is 31.6 Å². The summed E-state index contributed by atoms with van der Waals surface area (Å²) in [5, 5.41) is 6.24. The number of nitrogens with one attached hydrogen (secondary N) is 2. The first kappa shape index (κ1) is 25.3. The molecule has 1 atom stereocenters. The maximum Gasteiger partial charge on any atom is 0.251 e. The van der Waals surface area contributed by atoms with E-state index in [1.807, 2.05) is 30.3 Å². The third-order valence-corrected chi connectivity index (χ3v) is 5.74. The Balaban J connectivity index is 1.47. The second kappa shape index (κ2) is 12.8. The minimum absolute atomic E-state index is 0.00726. The van der Waals surface area contributed by atoms with Crippen molar-refractivity contribution in [3.05, 3.63) is 65.7 Å². The van der Waals surface area contributed by atoms with Crippen LogP contribution in [0.25, 0.3) is 5.76 Å². The molecule has 8 nitrogen and oxygen atoms in total. The molecule has 0 bridgehead atoms. The molecule has 1 aliphatic rings. The number of rotatable bonds is 11. The Bertz CT molecular complexity index is 993. The molecule has 1 amide bonds. The third kappa shape index (κ3) is 6.82. The van der Waals surface area contributed by atoms with Gasteiger partial charge in [-0.3, -0.25) is 14.5 Å². The monoisotopic (exact) mass is 467 g/mol. The number of benzene rings is 2. The molecule has 8 heteroatoms. The summed E-state index contributed by atoms with van der Waals surface area (Å²) in [6.07, 6.45) is 2.35. The van der Waals surface area contributed by atoms with Crippen LogP contribution in [0.2, 0.25) is 0 Å². The maximum atomic E-state index is 12.8. The molecule has 0 aliphatic carbocycles. The van der Waals surface area contributed by atoms with Gasteiger partial charge in [0.1, 0.15) is 5.76 Å². The molecule has 0 spiro atoms. The van der Waals surface area contributed by atoms with Gasteiger partial charge in [0.15, 0.2) is 17.3 Å². The smallest absolute Gasteiger partial charge is 0.251 e. The van der Waals surface area contributed by atoms with E-state index < -0.39 is 0 Å². The number of nitrogens with zero attached hydrogens (tertiary/aromatic N) is 1. The highest BCUT2D eigenvalue weighted by atomic mass is 16.5. The molecule has 2 aromatic rings. The van der Waals surface area contributed by atoms with Crippen molar-refractivity contribution < 1.29 is 23.8 Å². The molecule has 182 valence electrons. The summed E-state index contributed by atoms with van der Waals surface area (Å²) < 4.78 is 15.9. The molecule has 3 rings (SSSR count). The summed E-state index contributed by atoms with van der Waals surface area (Å²) >= 11 is 0.